The molecule has 0 heterocycles. The molecule has 0 bridgehead atoms. The van der Waals surface area contributed by atoms with Gasteiger partial charge in [0.25, 0.3) is 0 Å². The molecule has 0 atom stereocenters. The number of nitrogens with zero attached hydrogens (tertiary/aromatic N) is 1. The summed E-state index contributed by atoms with van der Waals surface area (Å²) in [6.07, 6.45) is 4.35. The molecular formula is C45H45NO. The summed E-state index contributed by atoms with van der Waals surface area (Å²) in [7, 11) is 2.28. The van der Waals surface area contributed by atoms with E-state index in [0.717, 1.165) is 48.9 Å². The lowest BCUT2D eigenvalue weighted by atomic mass is 9.75. The molecule has 0 saturated heterocycles. The van der Waals surface area contributed by atoms with Gasteiger partial charge in [-0.05, 0) is 59.8 Å². The second-order valence-corrected chi connectivity index (χ2v) is 12.3. The Morgan fingerprint density at radius 2 is 0.681 bits per heavy atom. The average Bonchev–Trinajstić information content (AvgIpc) is 3.16. The normalized spacial score (nSPS) is 11.9. The number of hydrogen-bond donors (Lipinski definition) is 0. The fourth-order valence-electron chi connectivity index (χ4n) is 7.17. The van der Waals surface area contributed by atoms with Crippen molar-refractivity contribution in [3.63, 3.8) is 0 Å². The van der Waals surface area contributed by atoms with Crippen LogP contribution in [0.4, 0.5) is 0 Å². The first-order chi connectivity index (χ1) is 23.3. The first-order valence-electron chi connectivity index (χ1n) is 16.9. The van der Waals surface area contributed by atoms with Crippen LogP contribution in [0.3, 0.4) is 0 Å². The number of rotatable bonds is 15. The second kappa shape index (κ2) is 15.7. The molecule has 0 aliphatic heterocycles. The summed E-state index contributed by atoms with van der Waals surface area (Å²) in [6, 6.07) is 64.9. The van der Waals surface area contributed by atoms with Crippen molar-refractivity contribution in [1.82, 2.24) is 4.90 Å². The van der Waals surface area contributed by atoms with Crippen molar-refractivity contribution in [1.29, 1.82) is 0 Å². The van der Waals surface area contributed by atoms with E-state index in [1.54, 1.807) is 0 Å². The molecule has 0 aromatic heterocycles. The van der Waals surface area contributed by atoms with E-state index in [2.05, 4.69) is 194 Å². The molecule has 0 saturated carbocycles. The van der Waals surface area contributed by atoms with Crippen LogP contribution in [-0.4, -0.2) is 25.1 Å². The lowest BCUT2D eigenvalue weighted by Crippen LogP contribution is -2.46. The van der Waals surface area contributed by atoms with E-state index >= 15 is 0 Å². The summed E-state index contributed by atoms with van der Waals surface area (Å²) in [4.78, 5) is 2.55. The van der Waals surface area contributed by atoms with Crippen molar-refractivity contribution in [2.75, 3.05) is 20.2 Å². The Morgan fingerprint density at radius 3 is 1.02 bits per heavy atom. The third-order valence-corrected chi connectivity index (χ3v) is 9.39. The summed E-state index contributed by atoms with van der Waals surface area (Å²) in [5.74, 6) is 0. The number of ether oxygens (including phenoxy) is 1. The zero-order valence-corrected chi connectivity index (χ0v) is 27.4. The highest BCUT2D eigenvalue weighted by molar-refractivity contribution is 5.50. The molecule has 2 heteroatoms. The smallest absolute Gasteiger partial charge is 0.143 e. The largest absolute Gasteiger partial charge is 0.361 e. The zero-order chi connectivity index (χ0) is 32.2. The van der Waals surface area contributed by atoms with Crippen LogP contribution in [0.5, 0.6) is 0 Å². The topological polar surface area (TPSA) is 12.5 Å². The van der Waals surface area contributed by atoms with Crippen LogP contribution in [0.25, 0.3) is 0 Å². The van der Waals surface area contributed by atoms with Crippen molar-refractivity contribution >= 4 is 0 Å². The zero-order valence-electron chi connectivity index (χ0n) is 27.4. The quantitative estimate of drug-likeness (QED) is 0.0842. The van der Waals surface area contributed by atoms with Gasteiger partial charge in [-0.25, -0.2) is 0 Å². The molecule has 0 unspecified atom stereocenters. The first kappa shape index (κ1) is 32.2. The highest BCUT2D eigenvalue weighted by Gasteiger charge is 2.40. The monoisotopic (exact) mass is 615 g/mol. The summed E-state index contributed by atoms with van der Waals surface area (Å²) in [5.41, 5.74) is 6.26. The Hall–Kier alpha value is -4.76. The van der Waals surface area contributed by atoms with Crippen molar-refractivity contribution in [2.24, 2.45) is 0 Å². The van der Waals surface area contributed by atoms with E-state index in [1.807, 2.05) is 0 Å². The predicted molar refractivity (Wildman–Crippen MR) is 195 cm³/mol. The molecule has 0 fully saturated rings. The predicted octanol–water partition coefficient (Wildman–Crippen LogP) is 10.5. The van der Waals surface area contributed by atoms with Gasteiger partial charge in [0, 0.05) is 6.61 Å². The molecule has 0 radical (unpaired) electrons. The standard InChI is InChI=1S/C45H45NO/c1-46(44(38-24-10-4-11-25-38,39-26-12-5-13-27-39)40-28-14-6-15-29-40)36-22-2-3-23-37-47-45(41-30-16-7-17-31-41,42-32-18-8-19-33-42)43-34-20-9-21-35-43/h4-21,24-35H,2-3,22-23,36-37H2,1H3. The maximum Gasteiger partial charge on any atom is 0.143 e. The van der Waals surface area contributed by atoms with Crippen molar-refractivity contribution in [2.45, 2.75) is 36.8 Å². The third kappa shape index (κ3) is 6.86. The van der Waals surface area contributed by atoms with Crippen molar-refractivity contribution < 1.29 is 4.74 Å². The van der Waals surface area contributed by atoms with Gasteiger partial charge in [-0.3, -0.25) is 4.90 Å². The van der Waals surface area contributed by atoms with E-state index in [9.17, 15) is 0 Å². The molecule has 6 rings (SSSR count). The molecule has 0 amide bonds. The highest BCUT2D eigenvalue weighted by Crippen LogP contribution is 2.42. The molecular weight excluding hydrogens is 571 g/mol. The molecule has 0 N–H and O–H groups in total. The van der Waals surface area contributed by atoms with Crippen LogP contribution < -0.4 is 0 Å². The minimum Gasteiger partial charge on any atom is -0.361 e. The first-order valence-corrected chi connectivity index (χ1v) is 16.9. The third-order valence-electron chi connectivity index (χ3n) is 9.39. The van der Waals surface area contributed by atoms with Gasteiger partial charge in [0.1, 0.15) is 5.60 Å². The molecule has 6 aromatic rings. The maximum atomic E-state index is 7.03. The van der Waals surface area contributed by atoms with Gasteiger partial charge in [-0.15, -0.1) is 0 Å². The summed E-state index contributed by atoms with van der Waals surface area (Å²) >= 11 is 0. The minimum atomic E-state index is -0.662. The van der Waals surface area contributed by atoms with Crippen LogP contribution in [0, 0.1) is 0 Å². The highest BCUT2D eigenvalue weighted by atomic mass is 16.5. The molecule has 0 aliphatic carbocycles. The van der Waals surface area contributed by atoms with E-state index in [4.69, 9.17) is 4.74 Å². The molecule has 0 spiro atoms. The Morgan fingerprint density at radius 1 is 0.383 bits per heavy atom. The van der Waals surface area contributed by atoms with Gasteiger partial charge in [-0.2, -0.15) is 0 Å². The van der Waals surface area contributed by atoms with Gasteiger partial charge >= 0.3 is 0 Å². The van der Waals surface area contributed by atoms with Crippen LogP contribution in [0.15, 0.2) is 182 Å². The molecule has 236 valence electrons. The maximum absolute atomic E-state index is 7.03. The van der Waals surface area contributed by atoms with Gasteiger partial charge in [0.15, 0.2) is 0 Å². The van der Waals surface area contributed by atoms with Gasteiger partial charge in [0.2, 0.25) is 0 Å². The van der Waals surface area contributed by atoms with Gasteiger partial charge < -0.3 is 4.74 Å². The Labute approximate surface area is 281 Å². The van der Waals surface area contributed by atoms with Crippen LogP contribution in [0.1, 0.15) is 59.1 Å². The SMILES string of the molecule is CN(CCCCCCOC(c1ccccc1)(c1ccccc1)c1ccccc1)C(c1ccccc1)(c1ccccc1)c1ccccc1. The van der Waals surface area contributed by atoms with Gasteiger partial charge in [-0.1, -0.05) is 195 Å². The lowest BCUT2D eigenvalue weighted by Gasteiger charge is -2.44. The number of benzene rings is 6. The lowest BCUT2D eigenvalue weighted by molar-refractivity contribution is 0.0105. The molecule has 2 nitrogen and oxygen atoms in total. The fourth-order valence-corrected chi connectivity index (χ4v) is 7.17. The van der Waals surface area contributed by atoms with Crippen LogP contribution in [-0.2, 0) is 15.9 Å². The number of unbranched alkanes of at least 4 members (excludes halogenated alkanes) is 3. The number of hydrogen-bond acceptors (Lipinski definition) is 2. The minimum absolute atomic E-state index is 0.381. The van der Waals surface area contributed by atoms with E-state index < -0.39 is 5.60 Å². The Kier molecular flexibility index (Phi) is 10.7. The van der Waals surface area contributed by atoms with E-state index in [-0.39, 0.29) is 5.54 Å². The summed E-state index contributed by atoms with van der Waals surface area (Å²) in [6.45, 7) is 1.65. The van der Waals surface area contributed by atoms with E-state index in [0.29, 0.717) is 6.61 Å². The van der Waals surface area contributed by atoms with Crippen LogP contribution in [0.2, 0.25) is 0 Å². The van der Waals surface area contributed by atoms with Crippen molar-refractivity contribution in [3.8, 4) is 0 Å². The van der Waals surface area contributed by atoms with Crippen LogP contribution >= 0.6 is 0 Å². The van der Waals surface area contributed by atoms with Crippen molar-refractivity contribution in [3.05, 3.63) is 215 Å². The second-order valence-electron chi connectivity index (χ2n) is 12.3. The summed E-state index contributed by atoms with van der Waals surface area (Å²) in [5, 5.41) is 0. The Bertz CT molecular complexity index is 1550. The Balaban J connectivity index is 1.17. The van der Waals surface area contributed by atoms with Gasteiger partial charge in [0.05, 0.1) is 5.54 Å². The molecule has 6 aromatic carbocycles. The molecule has 0 aliphatic rings. The van der Waals surface area contributed by atoms with E-state index in [1.165, 1.54) is 16.7 Å². The average molecular weight is 616 g/mol. The summed E-state index contributed by atoms with van der Waals surface area (Å²) < 4.78 is 7.03. The molecule has 47 heavy (non-hydrogen) atoms. The fraction of sp³-hybridized carbons (Fsp3) is 0.200.